The maximum atomic E-state index is 12.8. The summed E-state index contributed by atoms with van der Waals surface area (Å²) in [4.78, 5) is 0. The van der Waals surface area contributed by atoms with E-state index in [0.717, 1.165) is 29.4 Å². The van der Waals surface area contributed by atoms with Gasteiger partial charge in [-0.3, -0.25) is 0 Å². The van der Waals surface area contributed by atoms with Crippen molar-refractivity contribution in [2.24, 2.45) is 0 Å². The average Bonchev–Trinajstić information content (AvgIpc) is 2.19. The van der Waals surface area contributed by atoms with Gasteiger partial charge >= 0.3 is 0 Å². The molecule has 1 N–H and O–H groups in total. The minimum absolute atomic E-state index is 0.195. The Bertz CT molecular complexity index is 314. The van der Waals surface area contributed by atoms with Crippen molar-refractivity contribution >= 4 is 15.9 Å². The summed E-state index contributed by atoms with van der Waals surface area (Å²) in [5.74, 6) is -0.195. The zero-order valence-corrected chi connectivity index (χ0v) is 10.8. The Balaban J connectivity index is 2.56. The van der Waals surface area contributed by atoms with E-state index in [0.29, 0.717) is 6.04 Å². The molecule has 1 rings (SSSR count). The third-order valence-electron chi connectivity index (χ3n) is 2.28. The lowest BCUT2D eigenvalue weighted by molar-refractivity contribution is 0.542. The molecule has 0 amide bonds. The van der Waals surface area contributed by atoms with Crippen molar-refractivity contribution in [1.82, 2.24) is 5.32 Å². The topological polar surface area (TPSA) is 12.0 Å². The molecule has 1 nitrogen and oxygen atoms in total. The van der Waals surface area contributed by atoms with E-state index >= 15 is 0 Å². The first-order valence-corrected chi connectivity index (χ1v) is 6.10. The van der Waals surface area contributed by atoms with Crippen molar-refractivity contribution in [2.75, 3.05) is 6.54 Å². The Morgan fingerprint density at radius 2 is 2.20 bits per heavy atom. The van der Waals surface area contributed by atoms with E-state index in [4.69, 9.17) is 0 Å². The highest BCUT2D eigenvalue weighted by Gasteiger charge is 2.06. The molecule has 0 saturated carbocycles. The first kappa shape index (κ1) is 12.7. The van der Waals surface area contributed by atoms with Gasteiger partial charge < -0.3 is 5.32 Å². The lowest BCUT2D eigenvalue weighted by Gasteiger charge is -2.14. The summed E-state index contributed by atoms with van der Waals surface area (Å²) in [6.45, 7) is 5.32. The Labute approximate surface area is 99.2 Å². The van der Waals surface area contributed by atoms with Gasteiger partial charge in [-0.25, -0.2) is 4.39 Å². The van der Waals surface area contributed by atoms with Crippen molar-refractivity contribution in [1.29, 1.82) is 0 Å². The zero-order chi connectivity index (χ0) is 11.3. The van der Waals surface area contributed by atoms with Gasteiger partial charge in [0, 0.05) is 10.5 Å². The Hall–Kier alpha value is -0.410. The Morgan fingerprint density at radius 1 is 1.47 bits per heavy atom. The fourth-order valence-electron chi connectivity index (χ4n) is 1.48. The van der Waals surface area contributed by atoms with E-state index in [1.165, 1.54) is 12.1 Å². The second-order valence-corrected chi connectivity index (χ2v) is 4.65. The molecule has 0 aliphatic rings. The standard InChI is InChI=1S/C12H17BrFN/c1-3-6-15-9(2)7-10-4-5-11(14)8-12(10)13/h4-5,8-9,15H,3,6-7H2,1-2H3. The van der Waals surface area contributed by atoms with E-state index in [-0.39, 0.29) is 5.82 Å². The molecule has 0 saturated heterocycles. The third-order valence-corrected chi connectivity index (χ3v) is 3.02. The molecule has 0 aliphatic heterocycles. The predicted molar refractivity (Wildman–Crippen MR) is 65.6 cm³/mol. The van der Waals surface area contributed by atoms with Crippen LogP contribution in [-0.4, -0.2) is 12.6 Å². The molecule has 15 heavy (non-hydrogen) atoms. The molecule has 0 heterocycles. The summed E-state index contributed by atoms with van der Waals surface area (Å²) >= 11 is 3.38. The number of hydrogen-bond acceptors (Lipinski definition) is 1. The lowest BCUT2D eigenvalue weighted by Crippen LogP contribution is -2.28. The largest absolute Gasteiger partial charge is 0.314 e. The van der Waals surface area contributed by atoms with Crippen LogP contribution in [0.2, 0.25) is 0 Å². The van der Waals surface area contributed by atoms with Crippen LogP contribution in [0.3, 0.4) is 0 Å². The molecule has 84 valence electrons. The van der Waals surface area contributed by atoms with Gasteiger partial charge in [-0.15, -0.1) is 0 Å². The maximum Gasteiger partial charge on any atom is 0.124 e. The van der Waals surface area contributed by atoms with Gasteiger partial charge in [0.2, 0.25) is 0 Å². The summed E-state index contributed by atoms with van der Waals surface area (Å²) in [5.41, 5.74) is 1.15. The van der Waals surface area contributed by atoms with E-state index in [1.54, 1.807) is 0 Å². The summed E-state index contributed by atoms with van der Waals surface area (Å²) in [7, 11) is 0. The van der Waals surface area contributed by atoms with Crippen molar-refractivity contribution in [3.8, 4) is 0 Å². The van der Waals surface area contributed by atoms with Crippen LogP contribution in [0.25, 0.3) is 0 Å². The highest BCUT2D eigenvalue weighted by atomic mass is 79.9. The molecule has 1 atom stereocenters. The minimum atomic E-state index is -0.195. The van der Waals surface area contributed by atoms with E-state index in [1.807, 2.05) is 6.07 Å². The molecule has 0 radical (unpaired) electrons. The monoisotopic (exact) mass is 273 g/mol. The summed E-state index contributed by atoms with van der Waals surface area (Å²) < 4.78 is 13.7. The van der Waals surface area contributed by atoms with E-state index < -0.39 is 0 Å². The van der Waals surface area contributed by atoms with Gasteiger partial charge in [-0.2, -0.15) is 0 Å². The number of rotatable bonds is 5. The van der Waals surface area contributed by atoms with Crippen molar-refractivity contribution in [2.45, 2.75) is 32.7 Å². The average molecular weight is 274 g/mol. The zero-order valence-electron chi connectivity index (χ0n) is 9.19. The van der Waals surface area contributed by atoms with Crippen LogP contribution in [0.4, 0.5) is 4.39 Å². The van der Waals surface area contributed by atoms with Crippen LogP contribution < -0.4 is 5.32 Å². The lowest BCUT2D eigenvalue weighted by atomic mass is 10.1. The van der Waals surface area contributed by atoms with Crippen LogP contribution in [0.1, 0.15) is 25.8 Å². The van der Waals surface area contributed by atoms with Crippen molar-refractivity contribution in [3.63, 3.8) is 0 Å². The molecule has 0 aromatic heterocycles. The first-order valence-electron chi connectivity index (χ1n) is 5.30. The molecule has 1 aromatic carbocycles. The van der Waals surface area contributed by atoms with Crippen LogP contribution in [0.15, 0.2) is 22.7 Å². The molecule has 0 bridgehead atoms. The molecule has 3 heteroatoms. The van der Waals surface area contributed by atoms with Gasteiger partial charge in [0.25, 0.3) is 0 Å². The van der Waals surface area contributed by atoms with Crippen molar-refractivity contribution < 1.29 is 4.39 Å². The van der Waals surface area contributed by atoms with E-state index in [9.17, 15) is 4.39 Å². The number of benzene rings is 1. The predicted octanol–water partition coefficient (Wildman–Crippen LogP) is 3.52. The van der Waals surface area contributed by atoms with Gasteiger partial charge in [0.1, 0.15) is 5.82 Å². The van der Waals surface area contributed by atoms with Gasteiger partial charge in [-0.1, -0.05) is 28.9 Å². The summed E-state index contributed by atoms with van der Waals surface area (Å²) in [6.07, 6.45) is 2.05. The minimum Gasteiger partial charge on any atom is -0.314 e. The van der Waals surface area contributed by atoms with E-state index in [2.05, 4.69) is 35.1 Å². The first-order chi connectivity index (χ1) is 7.13. The van der Waals surface area contributed by atoms with Crippen LogP contribution in [0, 0.1) is 5.82 Å². The van der Waals surface area contributed by atoms with Crippen molar-refractivity contribution in [3.05, 3.63) is 34.1 Å². The number of halogens is 2. The molecule has 0 fully saturated rings. The molecule has 0 aliphatic carbocycles. The SMILES string of the molecule is CCCNC(C)Cc1ccc(F)cc1Br. The Morgan fingerprint density at radius 3 is 2.80 bits per heavy atom. The molecule has 1 aromatic rings. The fourth-order valence-corrected chi connectivity index (χ4v) is 1.99. The number of hydrogen-bond donors (Lipinski definition) is 1. The second kappa shape index (κ2) is 6.23. The maximum absolute atomic E-state index is 12.8. The normalized spacial score (nSPS) is 12.8. The van der Waals surface area contributed by atoms with Crippen LogP contribution in [0.5, 0.6) is 0 Å². The van der Waals surface area contributed by atoms with Gasteiger partial charge in [0.15, 0.2) is 0 Å². The molecular formula is C12H17BrFN. The summed E-state index contributed by atoms with van der Waals surface area (Å²) in [6, 6.07) is 5.28. The smallest absolute Gasteiger partial charge is 0.124 e. The number of nitrogens with one attached hydrogen (secondary N) is 1. The fraction of sp³-hybridized carbons (Fsp3) is 0.500. The van der Waals surface area contributed by atoms with Gasteiger partial charge in [-0.05, 0) is 44.0 Å². The quantitative estimate of drug-likeness (QED) is 0.866. The van der Waals surface area contributed by atoms with Gasteiger partial charge in [0.05, 0.1) is 0 Å². The van der Waals surface area contributed by atoms with Crippen LogP contribution >= 0.6 is 15.9 Å². The highest BCUT2D eigenvalue weighted by Crippen LogP contribution is 2.19. The Kier molecular flexibility index (Phi) is 5.26. The second-order valence-electron chi connectivity index (χ2n) is 3.80. The summed E-state index contributed by atoms with van der Waals surface area (Å²) in [5, 5.41) is 3.41. The molecule has 1 unspecified atom stereocenters. The third kappa shape index (κ3) is 4.31. The highest BCUT2D eigenvalue weighted by molar-refractivity contribution is 9.10. The molecular weight excluding hydrogens is 257 g/mol. The van der Waals surface area contributed by atoms with Crippen LogP contribution in [-0.2, 0) is 6.42 Å². The molecule has 0 spiro atoms.